The van der Waals surface area contributed by atoms with E-state index < -0.39 is 10.0 Å². The predicted octanol–water partition coefficient (Wildman–Crippen LogP) is 0.671. The monoisotopic (exact) mass is 296 g/mol. The zero-order valence-electron chi connectivity index (χ0n) is 11.2. The van der Waals surface area contributed by atoms with Gasteiger partial charge in [-0.1, -0.05) is 13.0 Å². The van der Waals surface area contributed by atoms with Gasteiger partial charge in [0.05, 0.1) is 18.0 Å². The molecular weight excluding hydrogens is 280 g/mol. The highest BCUT2D eigenvalue weighted by Gasteiger charge is 2.18. The molecule has 0 aliphatic heterocycles. The third kappa shape index (κ3) is 2.97. The highest BCUT2D eigenvalue weighted by atomic mass is 32.2. The van der Waals surface area contributed by atoms with E-state index in [-0.39, 0.29) is 11.6 Å². The highest BCUT2D eigenvalue weighted by Crippen LogP contribution is 2.18. The number of aryl methyl sites for hydroxylation is 2. The fraction of sp³-hybridized carbons (Fsp3) is 0.333. The lowest BCUT2D eigenvalue weighted by Crippen LogP contribution is -2.15. The molecule has 2 heterocycles. The van der Waals surface area contributed by atoms with E-state index in [4.69, 9.17) is 5.11 Å². The molecule has 0 saturated heterocycles. The second kappa shape index (κ2) is 5.59. The smallest absolute Gasteiger partial charge is 0.279 e. The lowest BCUT2D eigenvalue weighted by atomic mass is 10.3. The van der Waals surface area contributed by atoms with E-state index in [1.807, 2.05) is 6.92 Å². The SMILES string of the molecule is CCc1nn(C)cc1NS(=O)(=O)c1ccc(CO)cn1. The van der Waals surface area contributed by atoms with Gasteiger partial charge in [-0.25, -0.2) is 4.98 Å². The van der Waals surface area contributed by atoms with Crippen molar-refractivity contribution in [1.82, 2.24) is 14.8 Å². The Morgan fingerprint density at radius 1 is 1.40 bits per heavy atom. The molecule has 2 aromatic rings. The first-order valence-corrected chi connectivity index (χ1v) is 7.55. The largest absolute Gasteiger partial charge is 0.392 e. The fourth-order valence-electron chi connectivity index (χ4n) is 1.74. The predicted molar refractivity (Wildman–Crippen MR) is 73.6 cm³/mol. The third-order valence-corrected chi connectivity index (χ3v) is 4.02. The number of hydrogen-bond acceptors (Lipinski definition) is 5. The average Bonchev–Trinajstić information content (AvgIpc) is 2.78. The van der Waals surface area contributed by atoms with Gasteiger partial charge in [0.1, 0.15) is 0 Å². The van der Waals surface area contributed by atoms with Crippen molar-refractivity contribution in [2.24, 2.45) is 7.05 Å². The first-order chi connectivity index (χ1) is 9.46. The van der Waals surface area contributed by atoms with Crippen molar-refractivity contribution in [3.05, 3.63) is 35.8 Å². The molecule has 0 amide bonds. The summed E-state index contributed by atoms with van der Waals surface area (Å²) in [4.78, 5) is 3.84. The number of hydrogen-bond donors (Lipinski definition) is 2. The van der Waals surface area contributed by atoms with Gasteiger partial charge in [-0.3, -0.25) is 9.40 Å². The number of aromatic nitrogens is 3. The normalized spacial score (nSPS) is 11.6. The second-order valence-corrected chi connectivity index (χ2v) is 5.91. The number of nitrogens with zero attached hydrogens (tertiary/aromatic N) is 3. The van der Waals surface area contributed by atoms with Crippen LogP contribution in [-0.2, 0) is 30.1 Å². The quantitative estimate of drug-likeness (QED) is 0.845. The van der Waals surface area contributed by atoms with Gasteiger partial charge in [-0.15, -0.1) is 0 Å². The van der Waals surface area contributed by atoms with Crippen molar-refractivity contribution >= 4 is 15.7 Å². The third-order valence-electron chi connectivity index (χ3n) is 2.74. The molecule has 0 radical (unpaired) electrons. The van der Waals surface area contributed by atoms with Crippen LogP contribution in [0.1, 0.15) is 18.2 Å². The molecular formula is C12H16N4O3S. The van der Waals surface area contributed by atoms with Crippen LogP contribution >= 0.6 is 0 Å². The molecule has 2 N–H and O–H groups in total. The molecule has 2 rings (SSSR count). The number of sulfonamides is 1. The van der Waals surface area contributed by atoms with E-state index in [0.717, 1.165) is 0 Å². The minimum atomic E-state index is -3.75. The standard InChI is InChI=1S/C12H16N4O3S/c1-3-10-11(7-16(2)14-10)15-20(18,19)12-5-4-9(8-17)6-13-12/h4-7,15,17H,3,8H2,1-2H3. The van der Waals surface area contributed by atoms with E-state index in [9.17, 15) is 8.42 Å². The Kier molecular flexibility index (Phi) is 4.05. The van der Waals surface area contributed by atoms with Crippen molar-refractivity contribution in [2.45, 2.75) is 25.0 Å². The molecule has 2 aromatic heterocycles. The highest BCUT2D eigenvalue weighted by molar-refractivity contribution is 7.92. The Labute approximate surface area is 117 Å². The molecule has 0 unspecified atom stereocenters. The Morgan fingerprint density at radius 2 is 2.15 bits per heavy atom. The summed E-state index contributed by atoms with van der Waals surface area (Å²) in [7, 11) is -2.03. The van der Waals surface area contributed by atoms with Crippen LogP contribution < -0.4 is 4.72 Å². The first kappa shape index (κ1) is 14.5. The summed E-state index contributed by atoms with van der Waals surface area (Å²) in [5.41, 5.74) is 1.67. The van der Waals surface area contributed by atoms with Crippen molar-refractivity contribution in [3.63, 3.8) is 0 Å². The number of anilines is 1. The molecule has 0 aliphatic carbocycles. The number of nitrogens with one attached hydrogen (secondary N) is 1. The Bertz CT molecular complexity index is 692. The van der Waals surface area contributed by atoms with Crippen molar-refractivity contribution in [3.8, 4) is 0 Å². The maximum absolute atomic E-state index is 12.2. The summed E-state index contributed by atoms with van der Waals surface area (Å²) in [5, 5.41) is 13.0. The van der Waals surface area contributed by atoms with Gasteiger partial charge in [-0.05, 0) is 18.1 Å². The second-order valence-electron chi connectivity index (χ2n) is 4.28. The van der Waals surface area contributed by atoms with Gasteiger partial charge in [0.15, 0.2) is 5.03 Å². The molecule has 0 fully saturated rings. The molecule has 0 aliphatic rings. The molecule has 7 nitrogen and oxygen atoms in total. The zero-order valence-corrected chi connectivity index (χ0v) is 12.1. The van der Waals surface area contributed by atoms with Crippen LogP contribution in [0.5, 0.6) is 0 Å². The van der Waals surface area contributed by atoms with Gasteiger partial charge < -0.3 is 5.11 Å². The number of rotatable bonds is 5. The first-order valence-electron chi connectivity index (χ1n) is 6.07. The van der Waals surface area contributed by atoms with Gasteiger partial charge in [0.25, 0.3) is 10.0 Å². The van der Waals surface area contributed by atoms with E-state index in [1.54, 1.807) is 17.9 Å². The molecule has 0 saturated carbocycles. The minimum Gasteiger partial charge on any atom is -0.392 e. The van der Waals surface area contributed by atoms with Crippen molar-refractivity contribution < 1.29 is 13.5 Å². The van der Waals surface area contributed by atoms with Crippen LogP contribution in [0.15, 0.2) is 29.6 Å². The summed E-state index contributed by atoms with van der Waals surface area (Å²) in [6.07, 6.45) is 3.56. The topological polar surface area (TPSA) is 97.1 Å². The molecule has 0 spiro atoms. The summed E-state index contributed by atoms with van der Waals surface area (Å²) >= 11 is 0. The summed E-state index contributed by atoms with van der Waals surface area (Å²) in [6, 6.07) is 2.88. The fourth-order valence-corrected chi connectivity index (χ4v) is 2.74. The lowest BCUT2D eigenvalue weighted by molar-refractivity contribution is 0.281. The van der Waals surface area contributed by atoms with Crippen LogP contribution in [0, 0.1) is 0 Å². The molecule has 8 heteroatoms. The van der Waals surface area contributed by atoms with E-state index in [0.29, 0.717) is 23.4 Å². The molecule has 20 heavy (non-hydrogen) atoms. The molecule has 0 aromatic carbocycles. The molecule has 108 valence electrons. The number of aliphatic hydroxyl groups excluding tert-OH is 1. The van der Waals surface area contributed by atoms with Crippen LogP contribution in [0.3, 0.4) is 0 Å². The Balaban J connectivity index is 2.30. The van der Waals surface area contributed by atoms with Gasteiger partial charge in [0, 0.05) is 19.4 Å². The molecule has 0 atom stereocenters. The van der Waals surface area contributed by atoms with Crippen LogP contribution in [-0.4, -0.2) is 28.3 Å². The Hall–Kier alpha value is -1.93. The minimum absolute atomic E-state index is 0.0967. The lowest BCUT2D eigenvalue weighted by Gasteiger charge is -2.07. The van der Waals surface area contributed by atoms with Gasteiger partial charge in [0.2, 0.25) is 0 Å². The van der Waals surface area contributed by atoms with Gasteiger partial charge >= 0.3 is 0 Å². The summed E-state index contributed by atoms with van der Waals surface area (Å²) < 4.78 is 28.4. The molecule has 0 bridgehead atoms. The zero-order chi connectivity index (χ0) is 14.8. The van der Waals surface area contributed by atoms with E-state index >= 15 is 0 Å². The van der Waals surface area contributed by atoms with E-state index in [2.05, 4.69) is 14.8 Å². The Morgan fingerprint density at radius 3 is 2.70 bits per heavy atom. The van der Waals surface area contributed by atoms with Crippen LogP contribution in [0.4, 0.5) is 5.69 Å². The van der Waals surface area contributed by atoms with Crippen molar-refractivity contribution in [1.29, 1.82) is 0 Å². The van der Waals surface area contributed by atoms with E-state index in [1.165, 1.54) is 18.3 Å². The summed E-state index contributed by atoms with van der Waals surface area (Å²) in [6.45, 7) is 1.72. The maximum Gasteiger partial charge on any atom is 0.279 e. The van der Waals surface area contributed by atoms with Gasteiger partial charge in [-0.2, -0.15) is 13.5 Å². The number of pyridine rings is 1. The van der Waals surface area contributed by atoms with Crippen molar-refractivity contribution in [2.75, 3.05) is 4.72 Å². The van der Waals surface area contributed by atoms with Crippen LogP contribution in [0.25, 0.3) is 0 Å². The summed E-state index contributed by atoms with van der Waals surface area (Å²) in [5.74, 6) is 0. The number of aliphatic hydroxyl groups is 1. The van der Waals surface area contributed by atoms with Crippen LogP contribution in [0.2, 0.25) is 0 Å². The average molecular weight is 296 g/mol. The maximum atomic E-state index is 12.2.